The minimum absolute atomic E-state index is 0.182. The number of hydrogen-bond acceptors (Lipinski definition) is 4. The van der Waals surface area contributed by atoms with Gasteiger partial charge in [0.15, 0.2) is 0 Å². The van der Waals surface area contributed by atoms with Gasteiger partial charge in [0, 0.05) is 18.1 Å². The predicted molar refractivity (Wildman–Crippen MR) is 124 cm³/mol. The van der Waals surface area contributed by atoms with Crippen LogP contribution in [-0.4, -0.2) is 20.4 Å². The standard InChI is InChI=1S/C23H16Cl2N4O2/c24-17-7-6-16(13-18(17)25)27-22(30)14-29-21-4-2-1-3-19(21)28-20(23(29)31)8-5-15-9-11-26-12-10-15/h1-13H,14H2,(H,27,30)/b8-5-. The summed E-state index contributed by atoms with van der Waals surface area (Å²) in [5, 5.41) is 3.46. The molecule has 1 N–H and O–H groups in total. The van der Waals surface area contributed by atoms with Gasteiger partial charge in [0.05, 0.1) is 21.1 Å². The lowest BCUT2D eigenvalue weighted by molar-refractivity contribution is -0.116. The zero-order valence-electron chi connectivity index (χ0n) is 16.1. The normalized spacial score (nSPS) is 11.2. The molecule has 0 aliphatic carbocycles. The maximum absolute atomic E-state index is 13.1. The second-order valence-electron chi connectivity index (χ2n) is 6.67. The summed E-state index contributed by atoms with van der Waals surface area (Å²) in [4.78, 5) is 34.2. The van der Waals surface area contributed by atoms with Crippen molar-refractivity contribution in [2.24, 2.45) is 0 Å². The number of carbonyl (C=O) groups is 1. The highest BCUT2D eigenvalue weighted by atomic mass is 35.5. The molecule has 0 atom stereocenters. The Morgan fingerprint density at radius 2 is 1.77 bits per heavy atom. The molecule has 8 heteroatoms. The van der Waals surface area contributed by atoms with Crippen LogP contribution in [0.25, 0.3) is 23.2 Å². The number of pyridine rings is 1. The Labute approximate surface area is 187 Å². The highest BCUT2D eigenvalue weighted by Crippen LogP contribution is 2.25. The molecular formula is C23H16Cl2N4O2. The maximum atomic E-state index is 13.1. The smallest absolute Gasteiger partial charge is 0.277 e. The van der Waals surface area contributed by atoms with Crippen LogP contribution in [-0.2, 0) is 11.3 Å². The van der Waals surface area contributed by atoms with Crippen LogP contribution in [0.4, 0.5) is 5.69 Å². The summed E-state index contributed by atoms with van der Waals surface area (Å²) in [5.41, 5.74) is 2.42. The highest BCUT2D eigenvalue weighted by molar-refractivity contribution is 6.42. The number of anilines is 1. The molecule has 0 saturated heterocycles. The van der Waals surface area contributed by atoms with Crippen molar-refractivity contribution < 1.29 is 4.79 Å². The van der Waals surface area contributed by atoms with Crippen LogP contribution < -0.4 is 10.9 Å². The Morgan fingerprint density at radius 1 is 1.00 bits per heavy atom. The lowest BCUT2D eigenvalue weighted by atomic mass is 10.2. The van der Waals surface area contributed by atoms with E-state index in [1.807, 2.05) is 18.2 Å². The van der Waals surface area contributed by atoms with Gasteiger partial charge >= 0.3 is 0 Å². The van der Waals surface area contributed by atoms with Gasteiger partial charge in [-0.1, -0.05) is 41.4 Å². The Hall–Kier alpha value is -3.48. The van der Waals surface area contributed by atoms with Gasteiger partial charge in [-0.15, -0.1) is 0 Å². The molecule has 2 heterocycles. The van der Waals surface area contributed by atoms with E-state index in [0.29, 0.717) is 26.8 Å². The molecule has 0 unspecified atom stereocenters. The lowest BCUT2D eigenvalue weighted by Crippen LogP contribution is -2.30. The number of aromatic nitrogens is 3. The van der Waals surface area contributed by atoms with E-state index in [9.17, 15) is 9.59 Å². The molecule has 2 aromatic heterocycles. The van der Waals surface area contributed by atoms with Crippen LogP contribution in [0.5, 0.6) is 0 Å². The maximum Gasteiger partial charge on any atom is 0.277 e. The average molecular weight is 451 g/mol. The zero-order chi connectivity index (χ0) is 21.8. The van der Waals surface area contributed by atoms with E-state index < -0.39 is 0 Å². The molecule has 31 heavy (non-hydrogen) atoms. The van der Waals surface area contributed by atoms with Crippen molar-refractivity contribution in [2.45, 2.75) is 6.54 Å². The summed E-state index contributed by atoms with van der Waals surface area (Å²) >= 11 is 11.9. The van der Waals surface area contributed by atoms with Gasteiger partial charge in [0.1, 0.15) is 12.2 Å². The van der Waals surface area contributed by atoms with Crippen LogP contribution in [0.15, 0.2) is 71.8 Å². The van der Waals surface area contributed by atoms with E-state index in [2.05, 4.69) is 15.3 Å². The Morgan fingerprint density at radius 3 is 2.55 bits per heavy atom. The number of carbonyl (C=O) groups excluding carboxylic acids is 1. The topological polar surface area (TPSA) is 76.9 Å². The fourth-order valence-electron chi connectivity index (χ4n) is 3.05. The van der Waals surface area contributed by atoms with Crippen LogP contribution >= 0.6 is 23.2 Å². The molecule has 4 aromatic rings. The summed E-state index contributed by atoms with van der Waals surface area (Å²) in [6.45, 7) is -0.182. The molecule has 2 aromatic carbocycles. The molecule has 0 fully saturated rings. The Balaban J connectivity index is 1.68. The second kappa shape index (κ2) is 9.12. The van der Waals surface area contributed by atoms with Crippen molar-refractivity contribution >= 4 is 58.0 Å². The van der Waals surface area contributed by atoms with Crippen molar-refractivity contribution in [3.63, 3.8) is 0 Å². The first kappa shape index (κ1) is 20.8. The number of nitrogens with one attached hydrogen (secondary N) is 1. The van der Waals surface area contributed by atoms with Gasteiger partial charge in [0.2, 0.25) is 5.91 Å². The van der Waals surface area contributed by atoms with Gasteiger partial charge in [-0.25, -0.2) is 4.98 Å². The highest BCUT2D eigenvalue weighted by Gasteiger charge is 2.13. The Kier molecular flexibility index (Phi) is 6.11. The minimum Gasteiger partial charge on any atom is -0.324 e. The van der Waals surface area contributed by atoms with Gasteiger partial charge in [-0.3, -0.25) is 19.1 Å². The molecule has 4 rings (SSSR count). The van der Waals surface area contributed by atoms with Crippen molar-refractivity contribution in [3.05, 3.63) is 98.6 Å². The Bertz CT molecular complexity index is 1350. The van der Waals surface area contributed by atoms with E-state index in [1.165, 1.54) is 4.57 Å². The zero-order valence-corrected chi connectivity index (χ0v) is 17.6. The number of nitrogens with zero attached hydrogens (tertiary/aromatic N) is 3. The third kappa shape index (κ3) is 4.82. The SMILES string of the molecule is O=C(Cn1c(=O)c(/C=C\c2ccncc2)nc2ccccc21)Nc1ccc(Cl)c(Cl)c1. The summed E-state index contributed by atoms with van der Waals surface area (Å²) in [6.07, 6.45) is 6.75. The molecule has 0 aliphatic heterocycles. The predicted octanol–water partition coefficient (Wildman–Crippen LogP) is 4.91. The second-order valence-corrected chi connectivity index (χ2v) is 7.48. The van der Waals surface area contributed by atoms with E-state index >= 15 is 0 Å². The number of amides is 1. The molecule has 0 spiro atoms. The minimum atomic E-state index is -0.374. The number of benzene rings is 2. The van der Waals surface area contributed by atoms with Crippen LogP contribution in [0.1, 0.15) is 11.3 Å². The number of fused-ring (bicyclic) bond motifs is 1. The van der Waals surface area contributed by atoms with Crippen LogP contribution in [0.3, 0.4) is 0 Å². The van der Waals surface area contributed by atoms with E-state index in [4.69, 9.17) is 23.2 Å². The van der Waals surface area contributed by atoms with Crippen LogP contribution in [0, 0.1) is 0 Å². The summed E-state index contributed by atoms with van der Waals surface area (Å²) < 4.78 is 1.40. The molecular weight excluding hydrogens is 435 g/mol. The van der Waals surface area contributed by atoms with Gasteiger partial charge < -0.3 is 5.32 Å². The van der Waals surface area contributed by atoms with Crippen molar-refractivity contribution in [1.82, 2.24) is 14.5 Å². The number of rotatable bonds is 5. The summed E-state index contributed by atoms with van der Waals surface area (Å²) in [7, 11) is 0. The quantitative estimate of drug-likeness (QED) is 0.468. The molecule has 6 nitrogen and oxygen atoms in total. The largest absolute Gasteiger partial charge is 0.324 e. The van der Waals surface area contributed by atoms with Crippen molar-refractivity contribution in [3.8, 4) is 0 Å². The van der Waals surface area contributed by atoms with E-state index in [0.717, 1.165) is 5.56 Å². The molecule has 0 bridgehead atoms. The average Bonchev–Trinajstić information content (AvgIpc) is 2.78. The van der Waals surface area contributed by atoms with Crippen molar-refractivity contribution in [1.29, 1.82) is 0 Å². The number of hydrogen-bond donors (Lipinski definition) is 1. The molecule has 0 aliphatic rings. The third-order valence-corrected chi connectivity index (χ3v) is 5.26. The van der Waals surface area contributed by atoms with Gasteiger partial charge in [-0.05, 0) is 54.1 Å². The first-order chi connectivity index (χ1) is 15.0. The third-order valence-electron chi connectivity index (χ3n) is 4.52. The first-order valence-electron chi connectivity index (χ1n) is 9.34. The van der Waals surface area contributed by atoms with Gasteiger partial charge in [-0.2, -0.15) is 0 Å². The van der Waals surface area contributed by atoms with E-state index in [-0.39, 0.29) is 23.7 Å². The fraction of sp³-hybridized carbons (Fsp3) is 0.0435. The molecule has 0 radical (unpaired) electrons. The molecule has 1 amide bonds. The van der Waals surface area contributed by atoms with Crippen LogP contribution in [0.2, 0.25) is 10.0 Å². The van der Waals surface area contributed by atoms with E-state index in [1.54, 1.807) is 60.9 Å². The summed E-state index contributed by atoms with van der Waals surface area (Å²) in [6, 6.07) is 15.6. The summed E-state index contributed by atoms with van der Waals surface area (Å²) in [5.74, 6) is -0.374. The first-order valence-corrected chi connectivity index (χ1v) is 10.1. The van der Waals surface area contributed by atoms with Gasteiger partial charge in [0.25, 0.3) is 5.56 Å². The number of para-hydroxylation sites is 2. The monoisotopic (exact) mass is 450 g/mol. The number of halogens is 2. The lowest BCUT2D eigenvalue weighted by Gasteiger charge is -2.12. The fourth-order valence-corrected chi connectivity index (χ4v) is 3.34. The molecule has 0 saturated carbocycles. The van der Waals surface area contributed by atoms with Crippen molar-refractivity contribution in [2.75, 3.05) is 5.32 Å². The molecule has 154 valence electrons.